The molecule has 0 amide bonds. The molecule has 0 heterocycles. The van der Waals surface area contributed by atoms with Crippen LogP contribution in [0.25, 0.3) is 0 Å². The molecule has 43 heavy (non-hydrogen) atoms. The molecule has 5 heteroatoms. The van der Waals surface area contributed by atoms with E-state index < -0.39 is 27.3 Å². The van der Waals surface area contributed by atoms with Crippen molar-refractivity contribution < 1.29 is 0 Å². The Bertz CT molecular complexity index is 1600. The third-order valence-corrected chi connectivity index (χ3v) is 22.3. The SMILES string of the molecule is Cc1cc[c]([Ge]([Cl])([Cl])[c]2ccc(C)cc2P(c2ccccc2)c2ccccc2)c(P(c2ccccc2)c2ccccc2)c1. The van der Waals surface area contributed by atoms with E-state index in [1.165, 1.54) is 43.0 Å². The first-order chi connectivity index (χ1) is 20.9. The van der Waals surface area contributed by atoms with Gasteiger partial charge in [0.25, 0.3) is 0 Å². The van der Waals surface area contributed by atoms with Crippen LogP contribution in [-0.4, -0.2) is 11.4 Å². The second-order valence-corrected chi connectivity index (χ2v) is 26.6. The van der Waals surface area contributed by atoms with Crippen LogP contribution in [0.5, 0.6) is 0 Å². The van der Waals surface area contributed by atoms with Crippen molar-refractivity contribution in [2.24, 2.45) is 0 Å². The fourth-order valence-electron chi connectivity index (χ4n) is 5.49. The van der Waals surface area contributed by atoms with E-state index in [-0.39, 0.29) is 0 Å². The number of hydrogen-bond donors (Lipinski definition) is 0. The van der Waals surface area contributed by atoms with Gasteiger partial charge in [0.05, 0.1) is 0 Å². The molecule has 0 radical (unpaired) electrons. The Hall–Kier alpha value is -2.70. The van der Waals surface area contributed by atoms with E-state index in [0.717, 1.165) is 8.79 Å². The van der Waals surface area contributed by atoms with Crippen molar-refractivity contribution in [3.8, 4) is 0 Å². The summed E-state index contributed by atoms with van der Waals surface area (Å²) in [4.78, 5) is 0. The van der Waals surface area contributed by atoms with Crippen LogP contribution >= 0.6 is 35.9 Å². The predicted octanol–water partition coefficient (Wildman–Crippen LogP) is 6.85. The van der Waals surface area contributed by atoms with Crippen molar-refractivity contribution in [1.82, 2.24) is 0 Å². The van der Waals surface area contributed by atoms with Crippen LogP contribution in [0.3, 0.4) is 0 Å². The Morgan fingerprint density at radius 1 is 0.395 bits per heavy atom. The van der Waals surface area contributed by atoms with Gasteiger partial charge in [-0.05, 0) is 0 Å². The Balaban J connectivity index is 1.59. The van der Waals surface area contributed by atoms with Gasteiger partial charge in [0.2, 0.25) is 0 Å². The van der Waals surface area contributed by atoms with Gasteiger partial charge in [0.15, 0.2) is 0 Å². The summed E-state index contributed by atoms with van der Waals surface area (Å²) in [6, 6.07) is 56.7. The van der Waals surface area contributed by atoms with E-state index in [4.69, 9.17) is 20.0 Å². The quantitative estimate of drug-likeness (QED) is 0.121. The van der Waals surface area contributed by atoms with Crippen molar-refractivity contribution in [2.45, 2.75) is 13.8 Å². The van der Waals surface area contributed by atoms with Crippen LogP contribution in [0.1, 0.15) is 11.1 Å². The van der Waals surface area contributed by atoms with Gasteiger partial charge in [-0.3, -0.25) is 0 Å². The van der Waals surface area contributed by atoms with Gasteiger partial charge < -0.3 is 0 Å². The Kier molecular flexibility index (Phi) is 9.54. The zero-order chi connectivity index (χ0) is 29.8. The maximum absolute atomic E-state index is 7.91. The molecule has 0 aliphatic carbocycles. The van der Waals surface area contributed by atoms with Crippen molar-refractivity contribution >= 4 is 87.9 Å². The summed E-state index contributed by atoms with van der Waals surface area (Å²) in [5.74, 6) is 0. The molecule has 0 aromatic heterocycles. The first-order valence-corrected chi connectivity index (χ1v) is 24.6. The van der Waals surface area contributed by atoms with E-state index in [2.05, 4.69) is 172 Å². The van der Waals surface area contributed by atoms with Crippen molar-refractivity contribution in [1.29, 1.82) is 0 Å². The van der Waals surface area contributed by atoms with E-state index >= 15 is 0 Å². The van der Waals surface area contributed by atoms with Crippen molar-refractivity contribution in [2.75, 3.05) is 0 Å². The summed E-state index contributed by atoms with van der Waals surface area (Å²) in [5.41, 5.74) is 2.43. The molecule has 6 aromatic rings. The second kappa shape index (κ2) is 13.5. The summed E-state index contributed by atoms with van der Waals surface area (Å²) < 4.78 is 2.24. The molecular weight excluding hydrogens is 662 g/mol. The van der Waals surface area contributed by atoms with E-state index in [1.54, 1.807) is 0 Å². The maximum atomic E-state index is 7.91. The number of rotatable bonds is 8. The summed E-state index contributed by atoms with van der Waals surface area (Å²) >= 11 is -3.96. The van der Waals surface area contributed by atoms with Crippen molar-refractivity contribution in [3.63, 3.8) is 0 Å². The molecule has 212 valence electrons. The first-order valence-electron chi connectivity index (χ1n) is 14.3. The van der Waals surface area contributed by atoms with Gasteiger partial charge in [-0.15, -0.1) is 0 Å². The molecule has 0 unspecified atom stereocenters. The van der Waals surface area contributed by atoms with Gasteiger partial charge in [-0.2, -0.15) is 0 Å². The molecule has 0 fully saturated rings. The normalized spacial score (nSPS) is 11.7. The average Bonchev–Trinajstić information content (AvgIpc) is 3.03. The monoisotopic (exact) mass is 694 g/mol. The van der Waals surface area contributed by atoms with E-state index in [9.17, 15) is 0 Å². The zero-order valence-electron chi connectivity index (χ0n) is 24.2. The van der Waals surface area contributed by atoms with Crippen molar-refractivity contribution in [3.05, 3.63) is 169 Å². The van der Waals surface area contributed by atoms with Crippen LogP contribution < -0.4 is 40.6 Å². The number of halogens is 2. The van der Waals surface area contributed by atoms with E-state index in [1.807, 2.05) is 0 Å². The van der Waals surface area contributed by atoms with E-state index in [0.29, 0.717) is 0 Å². The summed E-state index contributed by atoms with van der Waals surface area (Å²) in [6.45, 7) is 4.32. The number of benzene rings is 6. The fourth-order valence-corrected chi connectivity index (χ4v) is 21.8. The van der Waals surface area contributed by atoms with Gasteiger partial charge in [0, 0.05) is 0 Å². The standard InChI is InChI=1S/C38H32Cl2GeP2/c1-29-23-25-35(37(27-29)42(31-15-7-3-8-16-31)32-17-9-4-10-18-32)41(39,40)36-26-24-30(2)28-38(36)43(33-19-11-5-12-20-33)34-21-13-6-14-22-34/h3-28H,1-2H3. The van der Waals surface area contributed by atoms with Gasteiger partial charge >= 0.3 is 271 Å². The predicted molar refractivity (Wildman–Crippen MR) is 196 cm³/mol. The van der Waals surface area contributed by atoms with Crippen LogP contribution in [0.2, 0.25) is 0 Å². The molecule has 0 nitrogen and oxygen atoms in total. The Morgan fingerprint density at radius 3 is 0.953 bits per heavy atom. The topological polar surface area (TPSA) is 0 Å². The molecule has 0 bridgehead atoms. The molecule has 0 spiro atoms. The average molecular weight is 694 g/mol. The molecule has 6 rings (SSSR count). The van der Waals surface area contributed by atoms with Crippen LogP contribution in [0, 0.1) is 13.8 Å². The Labute approximate surface area is 269 Å². The third-order valence-electron chi connectivity index (χ3n) is 7.52. The summed E-state index contributed by atoms with van der Waals surface area (Å²) in [6.07, 6.45) is 0. The van der Waals surface area contributed by atoms with Gasteiger partial charge in [-0.1, -0.05) is 0 Å². The first kappa shape index (κ1) is 30.3. The molecule has 0 aliphatic heterocycles. The third kappa shape index (κ3) is 6.56. The fraction of sp³-hybridized carbons (Fsp3) is 0.0526. The molecule has 0 saturated carbocycles. The van der Waals surface area contributed by atoms with Gasteiger partial charge in [0.1, 0.15) is 0 Å². The summed E-state index contributed by atoms with van der Waals surface area (Å²) in [7, 11) is 14.1. The molecule has 0 atom stereocenters. The minimum absolute atomic E-state index is 0.873. The second-order valence-electron chi connectivity index (χ2n) is 10.6. The molecule has 0 N–H and O–H groups in total. The Morgan fingerprint density at radius 2 is 0.674 bits per heavy atom. The molecule has 6 aromatic carbocycles. The molecule has 0 saturated heterocycles. The van der Waals surface area contributed by atoms with Crippen LogP contribution in [0.15, 0.2) is 158 Å². The zero-order valence-corrected chi connectivity index (χ0v) is 29.6. The molecule has 0 aliphatic rings. The van der Waals surface area contributed by atoms with Crippen LogP contribution in [-0.2, 0) is 0 Å². The number of hydrogen-bond acceptors (Lipinski definition) is 0. The summed E-state index contributed by atoms with van der Waals surface area (Å²) in [5, 5.41) is 7.69. The minimum atomic E-state index is -3.96. The van der Waals surface area contributed by atoms with Crippen LogP contribution in [0.4, 0.5) is 0 Å². The van der Waals surface area contributed by atoms with Gasteiger partial charge in [-0.25, -0.2) is 0 Å². The number of aryl methyl sites for hydroxylation is 2. The molecular formula is C38H32Cl2GeP2.